The standard InChI is InChI=1S/C22H25F2N3O2/c23-17-5-1-15(2-6-17)9-11-26-21(28)19-13-25-14-20(19)22(29)27-12-10-16-3-7-18(24)8-4-16/h1-8,19-20,25H,9-14H2,(H,26,28)(H,27,29)/t19-,20?/m0/s1. The van der Waals surface area contributed by atoms with E-state index >= 15 is 0 Å². The molecule has 154 valence electrons. The third-order valence-electron chi connectivity index (χ3n) is 5.14. The van der Waals surface area contributed by atoms with Crippen LogP contribution >= 0.6 is 0 Å². The zero-order valence-electron chi connectivity index (χ0n) is 16.1. The molecule has 1 unspecified atom stereocenters. The smallest absolute Gasteiger partial charge is 0.225 e. The van der Waals surface area contributed by atoms with Crippen LogP contribution in [0.25, 0.3) is 0 Å². The second-order valence-electron chi connectivity index (χ2n) is 7.21. The molecule has 1 fully saturated rings. The van der Waals surface area contributed by atoms with Gasteiger partial charge < -0.3 is 16.0 Å². The van der Waals surface area contributed by atoms with E-state index in [0.29, 0.717) is 39.0 Å². The highest BCUT2D eigenvalue weighted by Crippen LogP contribution is 2.17. The lowest BCUT2D eigenvalue weighted by Crippen LogP contribution is -2.42. The first-order valence-electron chi connectivity index (χ1n) is 9.78. The topological polar surface area (TPSA) is 70.2 Å². The third-order valence-corrected chi connectivity index (χ3v) is 5.14. The van der Waals surface area contributed by atoms with Gasteiger partial charge in [-0.2, -0.15) is 0 Å². The number of rotatable bonds is 8. The highest BCUT2D eigenvalue weighted by Gasteiger charge is 2.37. The van der Waals surface area contributed by atoms with Gasteiger partial charge in [-0.3, -0.25) is 9.59 Å². The van der Waals surface area contributed by atoms with Crippen molar-refractivity contribution in [3.05, 3.63) is 71.3 Å². The van der Waals surface area contributed by atoms with Crippen molar-refractivity contribution in [1.82, 2.24) is 16.0 Å². The first kappa shape index (κ1) is 20.9. The monoisotopic (exact) mass is 401 g/mol. The van der Waals surface area contributed by atoms with Crippen LogP contribution in [0.15, 0.2) is 48.5 Å². The van der Waals surface area contributed by atoms with Crippen molar-refractivity contribution in [2.45, 2.75) is 12.8 Å². The van der Waals surface area contributed by atoms with Crippen molar-refractivity contribution in [3.63, 3.8) is 0 Å². The van der Waals surface area contributed by atoms with Crippen LogP contribution in [0.5, 0.6) is 0 Å². The van der Waals surface area contributed by atoms with Gasteiger partial charge in [0.15, 0.2) is 0 Å². The predicted molar refractivity (Wildman–Crippen MR) is 106 cm³/mol. The minimum Gasteiger partial charge on any atom is -0.355 e. The number of carbonyl (C=O) groups excluding carboxylic acids is 2. The summed E-state index contributed by atoms with van der Waals surface area (Å²) in [6.45, 7) is 1.77. The third kappa shape index (κ3) is 6.09. The van der Waals surface area contributed by atoms with Crippen molar-refractivity contribution in [3.8, 4) is 0 Å². The summed E-state index contributed by atoms with van der Waals surface area (Å²) >= 11 is 0. The number of benzene rings is 2. The molecule has 0 bridgehead atoms. The van der Waals surface area contributed by atoms with Crippen LogP contribution in [-0.4, -0.2) is 38.0 Å². The Bertz CT molecular complexity index is 755. The molecule has 1 aliphatic rings. The van der Waals surface area contributed by atoms with Gasteiger partial charge >= 0.3 is 0 Å². The molecule has 2 amide bonds. The molecule has 7 heteroatoms. The predicted octanol–water partition coefficient (Wildman–Crippen LogP) is 1.82. The van der Waals surface area contributed by atoms with Gasteiger partial charge in [-0.1, -0.05) is 24.3 Å². The maximum atomic E-state index is 12.9. The molecule has 1 saturated heterocycles. The molecule has 0 saturated carbocycles. The van der Waals surface area contributed by atoms with Crippen LogP contribution in [0.4, 0.5) is 8.78 Å². The summed E-state index contributed by atoms with van der Waals surface area (Å²) in [4.78, 5) is 25.0. The molecule has 2 atom stereocenters. The first-order valence-corrected chi connectivity index (χ1v) is 9.78. The normalized spacial score (nSPS) is 18.4. The Morgan fingerprint density at radius 3 is 1.52 bits per heavy atom. The van der Waals surface area contributed by atoms with Gasteiger partial charge in [-0.15, -0.1) is 0 Å². The van der Waals surface area contributed by atoms with Crippen LogP contribution in [-0.2, 0) is 22.4 Å². The van der Waals surface area contributed by atoms with Crippen molar-refractivity contribution >= 4 is 11.8 Å². The number of halogens is 2. The number of amides is 2. The molecule has 5 nitrogen and oxygen atoms in total. The molecule has 0 aromatic heterocycles. The average molecular weight is 401 g/mol. The molecule has 1 heterocycles. The molecule has 2 aromatic carbocycles. The van der Waals surface area contributed by atoms with Crippen LogP contribution < -0.4 is 16.0 Å². The lowest BCUT2D eigenvalue weighted by molar-refractivity contribution is -0.132. The average Bonchev–Trinajstić information content (AvgIpc) is 3.21. The van der Waals surface area contributed by atoms with Crippen molar-refractivity contribution in [1.29, 1.82) is 0 Å². The lowest BCUT2D eigenvalue weighted by Gasteiger charge is -2.18. The lowest BCUT2D eigenvalue weighted by atomic mass is 9.94. The van der Waals surface area contributed by atoms with E-state index in [1.54, 1.807) is 24.3 Å². The summed E-state index contributed by atoms with van der Waals surface area (Å²) < 4.78 is 25.9. The molecule has 0 aliphatic carbocycles. The molecule has 29 heavy (non-hydrogen) atoms. The van der Waals surface area contributed by atoms with E-state index in [0.717, 1.165) is 11.1 Å². The summed E-state index contributed by atoms with van der Waals surface area (Å²) in [6.07, 6.45) is 1.20. The summed E-state index contributed by atoms with van der Waals surface area (Å²) in [5.41, 5.74) is 1.87. The van der Waals surface area contributed by atoms with Crippen molar-refractivity contribution in [2.24, 2.45) is 11.8 Å². The number of hydrogen-bond acceptors (Lipinski definition) is 3. The van der Waals surface area contributed by atoms with Gasteiger partial charge in [0.25, 0.3) is 0 Å². The van der Waals surface area contributed by atoms with Crippen LogP contribution in [0, 0.1) is 23.5 Å². The maximum absolute atomic E-state index is 12.9. The Hall–Kier alpha value is -2.80. The second-order valence-corrected chi connectivity index (χ2v) is 7.21. The van der Waals surface area contributed by atoms with E-state index in [1.165, 1.54) is 24.3 Å². The van der Waals surface area contributed by atoms with E-state index in [1.807, 2.05) is 0 Å². The molecule has 2 aromatic rings. The number of nitrogens with one attached hydrogen (secondary N) is 3. The van der Waals surface area contributed by atoms with Gasteiger partial charge in [0.2, 0.25) is 11.8 Å². The van der Waals surface area contributed by atoms with Gasteiger partial charge in [0, 0.05) is 26.2 Å². The fraction of sp³-hybridized carbons (Fsp3) is 0.364. The molecular formula is C22H25F2N3O2. The molecule has 0 radical (unpaired) electrons. The molecule has 1 aliphatic heterocycles. The summed E-state index contributed by atoms with van der Waals surface area (Å²) in [6, 6.07) is 12.3. The van der Waals surface area contributed by atoms with Gasteiger partial charge in [0.05, 0.1) is 11.8 Å². The molecule has 0 spiro atoms. The Kier molecular flexibility index (Phi) is 7.30. The summed E-state index contributed by atoms with van der Waals surface area (Å²) in [7, 11) is 0. The van der Waals surface area contributed by atoms with E-state index in [9.17, 15) is 18.4 Å². The highest BCUT2D eigenvalue weighted by molar-refractivity contribution is 5.88. The SMILES string of the molecule is O=C(NCCc1ccc(F)cc1)C1CNC[C@@H]1C(=O)NCCc1ccc(F)cc1. The molecule has 3 rings (SSSR count). The highest BCUT2D eigenvalue weighted by atomic mass is 19.1. The van der Waals surface area contributed by atoms with Gasteiger partial charge in [0.1, 0.15) is 11.6 Å². The minimum atomic E-state index is -0.422. The Labute approximate surface area is 168 Å². The quantitative estimate of drug-likeness (QED) is 0.632. The van der Waals surface area contributed by atoms with E-state index < -0.39 is 11.8 Å². The van der Waals surface area contributed by atoms with Gasteiger partial charge in [-0.25, -0.2) is 8.78 Å². The minimum absolute atomic E-state index is 0.157. The zero-order valence-corrected chi connectivity index (χ0v) is 16.1. The van der Waals surface area contributed by atoms with E-state index in [4.69, 9.17) is 0 Å². The van der Waals surface area contributed by atoms with Crippen molar-refractivity contribution in [2.75, 3.05) is 26.2 Å². The maximum Gasteiger partial charge on any atom is 0.225 e. The number of hydrogen-bond donors (Lipinski definition) is 3. The second kappa shape index (κ2) is 10.1. The van der Waals surface area contributed by atoms with Crippen LogP contribution in [0.2, 0.25) is 0 Å². The van der Waals surface area contributed by atoms with Gasteiger partial charge in [-0.05, 0) is 48.2 Å². The first-order chi connectivity index (χ1) is 14.0. The Morgan fingerprint density at radius 1 is 0.759 bits per heavy atom. The summed E-state index contributed by atoms with van der Waals surface area (Å²) in [5, 5.41) is 8.85. The zero-order chi connectivity index (χ0) is 20.6. The fourth-order valence-electron chi connectivity index (χ4n) is 3.45. The van der Waals surface area contributed by atoms with E-state index in [-0.39, 0.29) is 23.4 Å². The number of carbonyl (C=O) groups is 2. The Balaban J connectivity index is 1.42. The molecular weight excluding hydrogens is 376 g/mol. The van der Waals surface area contributed by atoms with Crippen LogP contribution in [0.1, 0.15) is 11.1 Å². The van der Waals surface area contributed by atoms with Crippen molar-refractivity contribution < 1.29 is 18.4 Å². The largest absolute Gasteiger partial charge is 0.355 e. The Morgan fingerprint density at radius 2 is 1.14 bits per heavy atom. The van der Waals surface area contributed by atoms with E-state index in [2.05, 4.69) is 16.0 Å². The van der Waals surface area contributed by atoms with Crippen LogP contribution in [0.3, 0.4) is 0 Å². The summed E-state index contributed by atoms with van der Waals surface area (Å²) in [5.74, 6) is -1.74. The fourth-order valence-corrected chi connectivity index (χ4v) is 3.45. The molecule has 3 N–H and O–H groups in total.